The van der Waals surface area contributed by atoms with Crippen LogP contribution in [0.5, 0.6) is 23.0 Å². The second kappa shape index (κ2) is 19.9. The van der Waals surface area contributed by atoms with Gasteiger partial charge in [0, 0.05) is 73.8 Å². The summed E-state index contributed by atoms with van der Waals surface area (Å²) in [5, 5.41) is 0. The molecule has 2 unspecified atom stereocenters. The van der Waals surface area contributed by atoms with Gasteiger partial charge in [-0.1, -0.05) is 87.8 Å². The van der Waals surface area contributed by atoms with E-state index in [1.807, 2.05) is 48.5 Å². The van der Waals surface area contributed by atoms with Crippen LogP contribution < -0.4 is 28.7 Å². The molecule has 8 rings (SSSR count). The maximum atomic E-state index is 14.5. The van der Waals surface area contributed by atoms with E-state index in [9.17, 15) is 19.2 Å². The molecule has 0 bridgehead atoms. The highest BCUT2D eigenvalue weighted by atomic mass is 28.3. The van der Waals surface area contributed by atoms with E-state index in [0.29, 0.717) is 91.1 Å². The molecule has 0 saturated heterocycles. The van der Waals surface area contributed by atoms with Crippen LogP contribution in [0.1, 0.15) is 49.4 Å². The summed E-state index contributed by atoms with van der Waals surface area (Å²) in [4.78, 5) is 64.4. The minimum atomic E-state index is -1.42. The van der Waals surface area contributed by atoms with Gasteiger partial charge in [-0.15, -0.1) is 0 Å². The van der Waals surface area contributed by atoms with Crippen LogP contribution in [0.4, 0.5) is 11.4 Å². The van der Waals surface area contributed by atoms with Crippen molar-refractivity contribution >= 4 is 51.2 Å². The maximum absolute atomic E-state index is 14.5. The number of carbonyl (C=O) groups excluding carboxylic acids is 4. The van der Waals surface area contributed by atoms with Crippen molar-refractivity contribution in [3.8, 4) is 23.0 Å². The van der Waals surface area contributed by atoms with E-state index in [1.54, 1.807) is 43.9 Å². The number of nitrogens with zero attached hydrogens (tertiary/aromatic N) is 4. The number of carbonyl (C=O) groups is 4. The lowest BCUT2D eigenvalue weighted by Crippen LogP contribution is -2.51. The third-order valence-corrected chi connectivity index (χ3v) is 16.4. The normalized spacial score (nSPS) is 18.0. The van der Waals surface area contributed by atoms with Gasteiger partial charge in [0.15, 0.2) is 23.0 Å². The summed E-state index contributed by atoms with van der Waals surface area (Å²) < 4.78 is 36.7. The molecule has 4 aliphatic heterocycles. The van der Waals surface area contributed by atoms with Crippen molar-refractivity contribution in [2.75, 3.05) is 63.9 Å². The van der Waals surface area contributed by atoms with Crippen LogP contribution in [0.2, 0.25) is 51.4 Å². The molecule has 4 heterocycles. The smallest absolute Gasteiger partial charge is 0.257 e. The van der Waals surface area contributed by atoms with Crippen LogP contribution in [0.15, 0.2) is 72.8 Å². The first kappa shape index (κ1) is 47.8. The number of ether oxygens (including phenoxy) is 6. The summed E-state index contributed by atoms with van der Waals surface area (Å²) in [5.41, 5.74) is 5.60. The van der Waals surface area contributed by atoms with E-state index in [0.717, 1.165) is 34.3 Å². The van der Waals surface area contributed by atoms with Gasteiger partial charge >= 0.3 is 0 Å². The average molecular weight is 949 g/mol. The predicted octanol–water partition coefficient (Wildman–Crippen LogP) is 8.00. The Kier molecular flexibility index (Phi) is 14.2. The Morgan fingerprint density at radius 1 is 0.522 bits per heavy atom. The molecule has 0 spiro atoms. The molecule has 0 aromatic heterocycles. The zero-order chi connectivity index (χ0) is 47.6. The summed E-state index contributed by atoms with van der Waals surface area (Å²) in [5.74, 6) is 0.474. The van der Waals surface area contributed by atoms with Crippen LogP contribution in [-0.2, 0) is 45.0 Å². The fraction of sp³-hybridized carbons (Fsp3) is 0.451. The quantitative estimate of drug-likeness (QED) is 0.0713. The molecule has 0 saturated carbocycles. The number of rotatable bonds is 18. The third-order valence-electron chi connectivity index (χ3n) is 13.0. The molecular weight excluding hydrogens is 885 g/mol. The molecule has 4 aromatic carbocycles. The molecule has 356 valence electrons. The standard InChI is InChI=1S/C51H64N4O10Si2/c1-60-44-26-38-40(54(32-62-20-22-66(3,4)5)50(58)42-24-34-14-9-11-16-36(34)30-52(42)48(38)56)28-46(44)64-18-13-19-65-47-29-41-39(27-45(47)61-2)49(57)53-31-37-17-12-10-15-35(37)25-43(53)51(59)55(41)33-63-21-23-67(6,7)8/h9-12,14-17,26-29,42-43H,13,18-25,30-33H2,1-8H3. The van der Waals surface area contributed by atoms with Crippen LogP contribution in [0, 0.1) is 0 Å². The molecular formula is C51H64N4O10Si2. The zero-order valence-corrected chi connectivity index (χ0v) is 42.1. The summed E-state index contributed by atoms with van der Waals surface area (Å²) in [6.07, 6.45) is 1.21. The number of amides is 4. The highest BCUT2D eigenvalue weighted by molar-refractivity contribution is 6.76. The fourth-order valence-electron chi connectivity index (χ4n) is 9.01. The summed E-state index contributed by atoms with van der Waals surface area (Å²) in [7, 11) is 0.208. The Morgan fingerprint density at radius 3 is 1.28 bits per heavy atom. The van der Waals surface area contributed by atoms with Gasteiger partial charge in [0.1, 0.15) is 25.5 Å². The SMILES string of the molecule is COc1cc2c(cc1OCCCOc1cc3c(cc1OC)C(=O)N1Cc4ccccc4CC1C(=O)N3COCC[Si](C)(C)C)N(COCC[Si](C)(C)C)C(=O)C1Cc3ccccc3CN1C2=O. The summed E-state index contributed by atoms with van der Waals surface area (Å²) in [6.45, 7) is 15.6. The average Bonchev–Trinajstić information content (AvgIpc) is 3.43. The Balaban J connectivity index is 1.01. The van der Waals surface area contributed by atoms with Crippen molar-refractivity contribution in [1.29, 1.82) is 0 Å². The van der Waals surface area contributed by atoms with E-state index in [1.165, 1.54) is 14.2 Å². The lowest BCUT2D eigenvalue weighted by molar-refractivity contribution is -0.125. The molecule has 0 radical (unpaired) electrons. The monoisotopic (exact) mass is 948 g/mol. The van der Waals surface area contributed by atoms with Crippen LogP contribution in [0.25, 0.3) is 0 Å². The lowest BCUT2D eigenvalue weighted by Gasteiger charge is -2.35. The minimum Gasteiger partial charge on any atom is -0.493 e. The van der Waals surface area contributed by atoms with E-state index in [4.69, 9.17) is 28.4 Å². The molecule has 14 nitrogen and oxygen atoms in total. The van der Waals surface area contributed by atoms with Crippen LogP contribution >= 0.6 is 0 Å². The van der Waals surface area contributed by atoms with Gasteiger partial charge < -0.3 is 38.2 Å². The van der Waals surface area contributed by atoms with E-state index in [2.05, 4.69) is 39.3 Å². The highest BCUT2D eigenvalue weighted by Crippen LogP contribution is 2.42. The van der Waals surface area contributed by atoms with Gasteiger partial charge in [-0.05, 0) is 46.5 Å². The van der Waals surface area contributed by atoms with E-state index < -0.39 is 28.2 Å². The van der Waals surface area contributed by atoms with Crippen molar-refractivity contribution < 1.29 is 47.6 Å². The number of anilines is 2. The Morgan fingerprint density at radius 2 is 0.910 bits per heavy atom. The number of methoxy groups -OCH3 is 2. The second-order valence-electron chi connectivity index (χ2n) is 20.2. The molecule has 16 heteroatoms. The number of fused-ring (bicyclic) bond motifs is 6. The van der Waals surface area contributed by atoms with Crippen LogP contribution in [-0.4, -0.2) is 116 Å². The number of hydrogen-bond donors (Lipinski definition) is 0. The topological polar surface area (TPSA) is 137 Å². The molecule has 4 aromatic rings. The molecule has 0 fully saturated rings. The van der Waals surface area contributed by atoms with Crippen molar-refractivity contribution in [2.45, 2.75) is 95.8 Å². The van der Waals surface area contributed by atoms with Gasteiger partial charge in [0.05, 0.1) is 49.9 Å². The van der Waals surface area contributed by atoms with Gasteiger partial charge in [-0.25, -0.2) is 0 Å². The first-order valence-corrected chi connectivity index (χ1v) is 30.7. The first-order valence-electron chi connectivity index (χ1n) is 23.3. The second-order valence-corrected chi connectivity index (χ2v) is 31.4. The van der Waals surface area contributed by atoms with Crippen molar-refractivity contribution in [3.05, 3.63) is 106 Å². The maximum Gasteiger partial charge on any atom is 0.257 e. The summed E-state index contributed by atoms with van der Waals surface area (Å²) >= 11 is 0. The molecule has 0 aliphatic carbocycles. The van der Waals surface area contributed by atoms with E-state index in [-0.39, 0.29) is 50.3 Å². The minimum absolute atomic E-state index is 0.0106. The van der Waals surface area contributed by atoms with Gasteiger partial charge in [-0.2, -0.15) is 0 Å². The third kappa shape index (κ3) is 10.4. The van der Waals surface area contributed by atoms with Gasteiger partial charge in [0.25, 0.3) is 23.6 Å². The van der Waals surface area contributed by atoms with E-state index >= 15 is 0 Å². The molecule has 4 aliphatic rings. The first-order chi connectivity index (χ1) is 32.0. The number of hydrogen-bond acceptors (Lipinski definition) is 10. The van der Waals surface area contributed by atoms with Crippen molar-refractivity contribution in [2.24, 2.45) is 0 Å². The lowest BCUT2D eigenvalue weighted by atomic mass is 9.93. The summed E-state index contributed by atoms with van der Waals surface area (Å²) in [6, 6.07) is 23.0. The number of benzene rings is 4. The van der Waals surface area contributed by atoms with Gasteiger partial charge in [-0.3, -0.25) is 29.0 Å². The van der Waals surface area contributed by atoms with Crippen molar-refractivity contribution in [3.63, 3.8) is 0 Å². The highest BCUT2D eigenvalue weighted by Gasteiger charge is 2.45. The molecule has 67 heavy (non-hydrogen) atoms. The molecule has 0 N–H and O–H groups in total. The van der Waals surface area contributed by atoms with Crippen LogP contribution in [0.3, 0.4) is 0 Å². The predicted molar refractivity (Wildman–Crippen MR) is 262 cm³/mol. The fourth-order valence-corrected chi connectivity index (χ4v) is 10.5. The Bertz CT molecular complexity index is 2350. The van der Waals surface area contributed by atoms with Gasteiger partial charge in [0.2, 0.25) is 0 Å². The Hall–Kier alpha value is -5.69. The van der Waals surface area contributed by atoms with Crippen molar-refractivity contribution in [1.82, 2.24) is 9.80 Å². The largest absolute Gasteiger partial charge is 0.493 e. The molecule has 4 amide bonds. The molecule has 2 atom stereocenters. The Labute approximate surface area is 396 Å². The zero-order valence-electron chi connectivity index (χ0n) is 40.1.